The second-order valence-corrected chi connectivity index (χ2v) is 8.94. The van der Waals surface area contributed by atoms with Crippen molar-refractivity contribution in [1.82, 2.24) is 4.90 Å². The lowest BCUT2D eigenvalue weighted by Crippen LogP contribution is -2.30. The van der Waals surface area contributed by atoms with Crippen LogP contribution in [0.1, 0.15) is 34.2 Å². The number of carbonyl (C=O) groups excluding carboxylic acids is 1. The fraction of sp³-hybridized carbons (Fsp3) is 0.227. The number of carbonyl (C=O) groups is 1. The highest BCUT2D eigenvalue weighted by atomic mass is 32.2. The Morgan fingerprint density at radius 3 is 2.56 bits per heavy atom. The lowest BCUT2D eigenvalue weighted by molar-refractivity contribution is -0.385. The summed E-state index contributed by atoms with van der Waals surface area (Å²) in [4.78, 5) is 25.5. The van der Waals surface area contributed by atoms with Crippen molar-refractivity contribution >= 4 is 21.7 Å². The molecule has 2 aromatic carbocycles. The molecule has 0 radical (unpaired) electrons. The van der Waals surface area contributed by atoms with E-state index >= 15 is 0 Å². The first-order chi connectivity index (χ1) is 15.2. The van der Waals surface area contributed by atoms with Crippen LogP contribution in [0.4, 0.5) is 5.69 Å². The Labute approximate surface area is 185 Å². The number of aryl methyl sites for hydroxylation is 1. The molecule has 3 aromatic rings. The van der Waals surface area contributed by atoms with Crippen molar-refractivity contribution in [2.45, 2.75) is 26.9 Å². The van der Waals surface area contributed by atoms with Crippen molar-refractivity contribution < 1.29 is 26.7 Å². The third-order valence-electron chi connectivity index (χ3n) is 4.72. The molecule has 10 heteroatoms. The van der Waals surface area contributed by atoms with E-state index in [0.717, 1.165) is 0 Å². The van der Waals surface area contributed by atoms with Gasteiger partial charge in [-0.05, 0) is 49.7 Å². The predicted octanol–water partition coefficient (Wildman–Crippen LogP) is 4.07. The van der Waals surface area contributed by atoms with Crippen LogP contribution in [0.2, 0.25) is 0 Å². The van der Waals surface area contributed by atoms with Crippen LogP contribution in [0.5, 0.6) is 5.75 Å². The second kappa shape index (κ2) is 9.65. The lowest BCUT2D eigenvalue weighted by Gasteiger charge is -2.22. The van der Waals surface area contributed by atoms with Crippen LogP contribution in [0, 0.1) is 17.0 Å². The first-order valence-corrected chi connectivity index (χ1v) is 11.3. The summed E-state index contributed by atoms with van der Waals surface area (Å²) in [5.41, 5.74) is 1.09. The summed E-state index contributed by atoms with van der Waals surface area (Å²) in [7, 11) is -3.69. The van der Waals surface area contributed by atoms with Crippen LogP contribution in [0.15, 0.2) is 65.3 Å². The zero-order valence-electron chi connectivity index (χ0n) is 17.6. The first kappa shape index (κ1) is 23.0. The number of hydrogen-bond acceptors (Lipinski definition) is 7. The Morgan fingerprint density at radius 2 is 1.91 bits per heavy atom. The lowest BCUT2D eigenvalue weighted by atomic mass is 10.1. The number of rotatable bonds is 9. The van der Waals surface area contributed by atoms with E-state index in [4.69, 9.17) is 8.60 Å². The molecule has 0 aliphatic heterocycles. The minimum absolute atomic E-state index is 0.102. The molecule has 0 unspecified atom stereocenters. The van der Waals surface area contributed by atoms with Crippen LogP contribution < -0.4 is 4.18 Å². The normalized spacial score (nSPS) is 11.2. The van der Waals surface area contributed by atoms with Crippen molar-refractivity contribution in [2.75, 3.05) is 5.75 Å². The van der Waals surface area contributed by atoms with Gasteiger partial charge >= 0.3 is 10.1 Å². The van der Waals surface area contributed by atoms with Gasteiger partial charge in [0.1, 0.15) is 11.5 Å². The van der Waals surface area contributed by atoms with Gasteiger partial charge in [-0.3, -0.25) is 14.9 Å². The molecule has 32 heavy (non-hydrogen) atoms. The van der Waals surface area contributed by atoms with Crippen LogP contribution in [-0.2, 0) is 23.2 Å². The van der Waals surface area contributed by atoms with Gasteiger partial charge < -0.3 is 13.5 Å². The molecule has 3 rings (SSSR count). The molecule has 0 saturated carbocycles. The van der Waals surface area contributed by atoms with Gasteiger partial charge in [0, 0.05) is 23.7 Å². The van der Waals surface area contributed by atoms with Crippen molar-refractivity contribution in [3.8, 4) is 5.75 Å². The monoisotopic (exact) mass is 458 g/mol. The Bertz CT molecular complexity index is 1220. The van der Waals surface area contributed by atoms with Gasteiger partial charge in [0.2, 0.25) is 0 Å². The summed E-state index contributed by atoms with van der Waals surface area (Å²) in [6.07, 6.45) is 1.48. The fourth-order valence-corrected chi connectivity index (χ4v) is 3.55. The highest BCUT2D eigenvalue weighted by Gasteiger charge is 2.22. The molecular weight excluding hydrogens is 436 g/mol. The minimum Gasteiger partial charge on any atom is -0.467 e. The highest BCUT2D eigenvalue weighted by Crippen LogP contribution is 2.23. The van der Waals surface area contributed by atoms with Crippen molar-refractivity contribution in [1.29, 1.82) is 0 Å². The Hall–Kier alpha value is -3.66. The van der Waals surface area contributed by atoms with E-state index in [2.05, 4.69) is 0 Å². The molecule has 1 heterocycles. The van der Waals surface area contributed by atoms with Gasteiger partial charge in [0.25, 0.3) is 11.6 Å². The van der Waals surface area contributed by atoms with Gasteiger partial charge in [-0.2, -0.15) is 8.42 Å². The molecule has 0 aliphatic rings. The number of benzene rings is 2. The topological polar surface area (TPSA) is 120 Å². The first-order valence-electron chi connectivity index (χ1n) is 9.76. The maximum atomic E-state index is 13.3. The summed E-state index contributed by atoms with van der Waals surface area (Å²) in [6.45, 7) is 3.29. The third kappa shape index (κ3) is 5.73. The fourth-order valence-electron chi connectivity index (χ4n) is 3.03. The van der Waals surface area contributed by atoms with Gasteiger partial charge in [0.05, 0.1) is 23.5 Å². The molecule has 0 atom stereocenters. The number of hydrogen-bond donors (Lipinski definition) is 0. The SMILES string of the molecule is CCS(=O)(=O)Oc1cccc(CN(Cc2ccco2)C(=O)c2ccc(C)c([N+](=O)[O-])c2)c1. The maximum absolute atomic E-state index is 13.3. The molecule has 1 amide bonds. The number of amides is 1. The summed E-state index contributed by atoms with van der Waals surface area (Å²) >= 11 is 0. The molecule has 0 fully saturated rings. The Kier molecular flexibility index (Phi) is 6.94. The van der Waals surface area contributed by atoms with Crippen molar-refractivity contribution in [3.63, 3.8) is 0 Å². The van der Waals surface area contributed by atoms with E-state index in [0.29, 0.717) is 16.9 Å². The average Bonchev–Trinajstić information content (AvgIpc) is 3.26. The average molecular weight is 458 g/mol. The van der Waals surface area contributed by atoms with E-state index < -0.39 is 20.9 Å². The van der Waals surface area contributed by atoms with Crippen LogP contribution in [-0.4, -0.2) is 29.9 Å². The predicted molar refractivity (Wildman–Crippen MR) is 117 cm³/mol. The zero-order valence-corrected chi connectivity index (χ0v) is 18.4. The van der Waals surface area contributed by atoms with Gasteiger partial charge in [0.15, 0.2) is 0 Å². The van der Waals surface area contributed by atoms with Gasteiger partial charge in [-0.15, -0.1) is 0 Å². The smallest absolute Gasteiger partial charge is 0.308 e. The largest absolute Gasteiger partial charge is 0.467 e. The quantitative estimate of drug-likeness (QED) is 0.269. The van der Waals surface area contributed by atoms with Gasteiger partial charge in [-0.25, -0.2) is 0 Å². The summed E-state index contributed by atoms with van der Waals surface area (Å²) in [6, 6.07) is 14.1. The number of nitro benzene ring substituents is 1. The van der Waals surface area contributed by atoms with E-state index in [1.165, 1.54) is 48.4 Å². The number of furan rings is 1. The van der Waals surface area contributed by atoms with E-state index in [-0.39, 0.29) is 35.8 Å². The van der Waals surface area contributed by atoms with E-state index in [9.17, 15) is 23.3 Å². The summed E-state index contributed by atoms with van der Waals surface area (Å²) in [5, 5.41) is 11.3. The zero-order chi connectivity index (χ0) is 23.3. The maximum Gasteiger partial charge on any atom is 0.308 e. The number of nitrogens with zero attached hydrogens (tertiary/aromatic N) is 2. The summed E-state index contributed by atoms with van der Waals surface area (Å²) < 4.78 is 34.0. The highest BCUT2D eigenvalue weighted by molar-refractivity contribution is 7.87. The Balaban J connectivity index is 1.91. The van der Waals surface area contributed by atoms with E-state index in [1.807, 2.05) is 0 Å². The standard InChI is InChI=1S/C22H22N2O7S/c1-3-32(28,29)31-19-7-4-6-17(12-19)14-23(15-20-8-5-11-30-20)22(25)18-10-9-16(2)21(13-18)24(26)27/h4-13H,3,14-15H2,1-2H3. The molecule has 1 aromatic heterocycles. The van der Waals surface area contributed by atoms with Crippen LogP contribution >= 0.6 is 0 Å². The molecule has 0 spiro atoms. The van der Waals surface area contributed by atoms with Gasteiger partial charge in [-0.1, -0.05) is 18.2 Å². The van der Waals surface area contributed by atoms with E-state index in [1.54, 1.807) is 31.2 Å². The molecule has 168 valence electrons. The Morgan fingerprint density at radius 1 is 1.12 bits per heavy atom. The van der Waals surface area contributed by atoms with Crippen LogP contribution in [0.25, 0.3) is 0 Å². The molecule has 9 nitrogen and oxygen atoms in total. The molecule has 0 N–H and O–H groups in total. The molecular formula is C22H22N2O7S. The third-order valence-corrected chi connectivity index (χ3v) is 5.87. The number of nitro groups is 1. The van der Waals surface area contributed by atoms with Crippen LogP contribution in [0.3, 0.4) is 0 Å². The summed E-state index contributed by atoms with van der Waals surface area (Å²) in [5.74, 6) is 0.0608. The molecule has 0 bridgehead atoms. The minimum atomic E-state index is -3.69. The van der Waals surface area contributed by atoms with Crippen molar-refractivity contribution in [3.05, 3.63) is 93.4 Å². The molecule has 0 aliphatic carbocycles. The van der Waals surface area contributed by atoms with Crippen molar-refractivity contribution in [2.24, 2.45) is 0 Å². The molecule has 0 saturated heterocycles. The second-order valence-electron chi connectivity index (χ2n) is 7.08.